The summed E-state index contributed by atoms with van der Waals surface area (Å²) in [5.74, 6) is 0.0535. The second kappa shape index (κ2) is 5.73. The van der Waals surface area contributed by atoms with Crippen LogP contribution in [0.5, 0.6) is 0 Å². The number of aliphatic carboxylic acids is 1. The van der Waals surface area contributed by atoms with Crippen molar-refractivity contribution in [2.24, 2.45) is 5.41 Å². The summed E-state index contributed by atoms with van der Waals surface area (Å²) < 4.78 is 1.78. The molecule has 1 atom stereocenters. The molecule has 1 unspecified atom stereocenters. The van der Waals surface area contributed by atoms with E-state index in [0.29, 0.717) is 0 Å². The van der Waals surface area contributed by atoms with Gasteiger partial charge in [-0.3, -0.25) is 4.79 Å². The van der Waals surface area contributed by atoms with Crippen LogP contribution < -0.4 is 0 Å². The molecule has 1 heterocycles. The molecule has 21 heavy (non-hydrogen) atoms. The van der Waals surface area contributed by atoms with Crippen molar-refractivity contribution < 1.29 is 9.90 Å². The molecule has 118 valence electrons. The predicted octanol–water partition coefficient (Wildman–Crippen LogP) is 2.96. The van der Waals surface area contributed by atoms with Gasteiger partial charge in [-0.25, -0.2) is 4.68 Å². The molecule has 1 aromatic rings. The number of aromatic nitrogens is 4. The summed E-state index contributed by atoms with van der Waals surface area (Å²) >= 11 is 0. The van der Waals surface area contributed by atoms with Crippen LogP contribution in [0.3, 0.4) is 0 Å². The van der Waals surface area contributed by atoms with Gasteiger partial charge in [-0.15, -0.1) is 5.10 Å². The zero-order valence-corrected chi connectivity index (χ0v) is 13.5. The van der Waals surface area contributed by atoms with Crippen molar-refractivity contribution in [3.8, 4) is 0 Å². The van der Waals surface area contributed by atoms with Crippen molar-refractivity contribution in [3.63, 3.8) is 0 Å². The standard InChI is InChI=1S/C15H26N4O2/c1-14(2,3)10-11(9-12(20)21)19-13(16-17-18-19)15(4)7-5-6-8-15/h11H,5-10H2,1-4H3,(H,20,21). The van der Waals surface area contributed by atoms with Crippen LogP contribution in [-0.4, -0.2) is 31.3 Å². The first-order valence-electron chi connectivity index (χ1n) is 7.71. The number of rotatable bonds is 5. The molecule has 1 aliphatic carbocycles. The molecule has 1 N–H and O–H groups in total. The van der Waals surface area contributed by atoms with E-state index in [9.17, 15) is 9.90 Å². The number of carbonyl (C=O) groups is 1. The third-order valence-corrected chi connectivity index (χ3v) is 4.34. The molecule has 1 saturated carbocycles. The second-order valence-corrected chi connectivity index (χ2v) is 7.73. The molecule has 1 aliphatic rings. The maximum Gasteiger partial charge on any atom is 0.305 e. The minimum absolute atomic E-state index is 0.0157. The fourth-order valence-corrected chi connectivity index (χ4v) is 3.37. The fraction of sp³-hybridized carbons (Fsp3) is 0.867. The summed E-state index contributed by atoms with van der Waals surface area (Å²) in [6.07, 6.45) is 5.32. The molecule has 0 aliphatic heterocycles. The average molecular weight is 294 g/mol. The molecule has 2 rings (SSSR count). The molecule has 0 spiro atoms. The first-order chi connectivity index (χ1) is 9.71. The zero-order valence-electron chi connectivity index (χ0n) is 13.5. The summed E-state index contributed by atoms with van der Waals surface area (Å²) in [7, 11) is 0. The number of carboxylic acid groups (broad SMARTS) is 1. The highest BCUT2D eigenvalue weighted by molar-refractivity contribution is 5.67. The number of carboxylic acids is 1. The normalized spacial score (nSPS) is 19.6. The lowest BCUT2D eigenvalue weighted by Crippen LogP contribution is -2.29. The van der Waals surface area contributed by atoms with Gasteiger partial charge in [0, 0.05) is 5.41 Å². The van der Waals surface area contributed by atoms with E-state index in [1.807, 2.05) is 0 Å². The summed E-state index contributed by atoms with van der Waals surface area (Å²) in [6.45, 7) is 8.53. The Balaban J connectivity index is 2.32. The minimum Gasteiger partial charge on any atom is -0.481 e. The van der Waals surface area contributed by atoms with Gasteiger partial charge in [-0.05, 0) is 35.1 Å². The van der Waals surface area contributed by atoms with E-state index in [1.54, 1.807) is 4.68 Å². The lowest BCUT2D eigenvalue weighted by atomic mass is 9.85. The van der Waals surface area contributed by atoms with Crippen LogP contribution in [0.4, 0.5) is 0 Å². The van der Waals surface area contributed by atoms with Crippen LogP contribution in [0, 0.1) is 5.41 Å². The molecule has 0 radical (unpaired) electrons. The number of hydrogen-bond donors (Lipinski definition) is 1. The molecule has 0 amide bonds. The van der Waals surface area contributed by atoms with Crippen LogP contribution in [-0.2, 0) is 10.2 Å². The Morgan fingerprint density at radius 3 is 2.52 bits per heavy atom. The largest absolute Gasteiger partial charge is 0.481 e. The van der Waals surface area contributed by atoms with E-state index in [-0.39, 0.29) is 23.3 Å². The third-order valence-electron chi connectivity index (χ3n) is 4.34. The van der Waals surface area contributed by atoms with Crippen LogP contribution in [0.2, 0.25) is 0 Å². The second-order valence-electron chi connectivity index (χ2n) is 7.73. The Bertz CT molecular complexity index is 498. The van der Waals surface area contributed by atoms with Crippen molar-refractivity contribution in [1.29, 1.82) is 0 Å². The molecule has 1 fully saturated rings. The van der Waals surface area contributed by atoms with Crippen molar-refractivity contribution in [1.82, 2.24) is 20.2 Å². The predicted molar refractivity (Wildman–Crippen MR) is 79.0 cm³/mol. The van der Waals surface area contributed by atoms with Gasteiger partial charge in [0.25, 0.3) is 0 Å². The summed E-state index contributed by atoms with van der Waals surface area (Å²) in [4.78, 5) is 11.2. The van der Waals surface area contributed by atoms with Gasteiger partial charge in [0.15, 0.2) is 5.82 Å². The third kappa shape index (κ3) is 3.80. The average Bonchev–Trinajstić information content (AvgIpc) is 2.94. The maximum atomic E-state index is 11.2. The highest BCUT2D eigenvalue weighted by Gasteiger charge is 2.38. The Morgan fingerprint density at radius 2 is 2.00 bits per heavy atom. The van der Waals surface area contributed by atoms with E-state index < -0.39 is 5.97 Å². The topological polar surface area (TPSA) is 80.9 Å². The van der Waals surface area contributed by atoms with Gasteiger partial charge in [-0.2, -0.15) is 0 Å². The van der Waals surface area contributed by atoms with Crippen LogP contribution in [0.25, 0.3) is 0 Å². The van der Waals surface area contributed by atoms with E-state index in [0.717, 1.165) is 25.1 Å². The van der Waals surface area contributed by atoms with Crippen molar-refractivity contribution in [3.05, 3.63) is 5.82 Å². The molecule has 0 saturated heterocycles. The van der Waals surface area contributed by atoms with E-state index in [1.165, 1.54) is 12.8 Å². The molecular formula is C15H26N4O2. The number of nitrogens with zero attached hydrogens (tertiary/aromatic N) is 4. The summed E-state index contributed by atoms with van der Waals surface area (Å²) in [5.41, 5.74) is 0.0120. The quantitative estimate of drug-likeness (QED) is 0.903. The van der Waals surface area contributed by atoms with Gasteiger partial charge < -0.3 is 5.11 Å². The number of tetrazole rings is 1. The number of hydrogen-bond acceptors (Lipinski definition) is 4. The Kier molecular flexibility index (Phi) is 4.35. The zero-order chi connectivity index (χ0) is 15.7. The van der Waals surface area contributed by atoms with Gasteiger partial charge in [0.05, 0.1) is 12.5 Å². The molecular weight excluding hydrogens is 268 g/mol. The SMILES string of the molecule is CC(C)(C)CC(CC(=O)O)n1nnnc1C1(C)CCCC1. The highest BCUT2D eigenvalue weighted by Crippen LogP contribution is 2.41. The molecule has 6 nitrogen and oxygen atoms in total. The monoisotopic (exact) mass is 294 g/mol. The van der Waals surface area contributed by atoms with E-state index in [4.69, 9.17) is 0 Å². The Hall–Kier alpha value is -1.46. The molecule has 0 bridgehead atoms. The highest BCUT2D eigenvalue weighted by atomic mass is 16.4. The van der Waals surface area contributed by atoms with Crippen LogP contribution in [0.15, 0.2) is 0 Å². The van der Waals surface area contributed by atoms with Gasteiger partial charge in [0.2, 0.25) is 0 Å². The Labute approximate surface area is 125 Å². The van der Waals surface area contributed by atoms with Gasteiger partial charge >= 0.3 is 5.97 Å². The van der Waals surface area contributed by atoms with Gasteiger partial charge in [-0.1, -0.05) is 40.5 Å². The lowest BCUT2D eigenvalue weighted by molar-refractivity contribution is -0.138. The molecule has 1 aromatic heterocycles. The molecule has 0 aromatic carbocycles. The maximum absolute atomic E-state index is 11.2. The smallest absolute Gasteiger partial charge is 0.305 e. The van der Waals surface area contributed by atoms with Crippen LogP contribution in [0.1, 0.15) is 78.1 Å². The minimum atomic E-state index is -0.803. The van der Waals surface area contributed by atoms with Crippen LogP contribution >= 0.6 is 0 Å². The first-order valence-corrected chi connectivity index (χ1v) is 7.71. The Morgan fingerprint density at radius 1 is 1.38 bits per heavy atom. The first kappa shape index (κ1) is 15.9. The summed E-state index contributed by atoms with van der Waals surface area (Å²) in [6, 6.07) is -0.190. The molecule has 6 heteroatoms. The van der Waals surface area contributed by atoms with Crippen molar-refractivity contribution in [2.45, 2.75) is 77.7 Å². The summed E-state index contributed by atoms with van der Waals surface area (Å²) in [5, 5.41) is 21.4. The van der Waals surface area contributed by atoms with Crippen molar-refractivity contribution >= 4 is 5.97 Å². The van der Waals surface area contributed by atoms with Gasteiger partial charge in [0.1, 0.15) is 0 Å². The van der Waals surface area contributed by atoms with E-state index >= 15 is 0 Å². The van der Waals surface area contributed by atoms with E-state index in [2.05, 4.69) is 43.2 Å². The fourth-order valence-electron chi connectivity index (χ4n) is 3.37. The van der Waals surface area contributed by atoms with Crippen molar-refractivity contribution in [2.75, 3.05) is 0 Å². The lowest BCUT2D eigenvalue weighted by Gasteiger charge is -2.29.